The zero-order valence-corrected chi connectivity index (χ0v) is 12.9. The van der Waals surface area contributed by atoms with E-state index in [0.29, 0.717) is 17.1 Å². The Balaban J connectivity index is 1.85. The molecule has 3 nitrogen and oxygen atoms in total. The number of benzene rings is 1. The van der Waals surface area contributed by atoms with Crippen LogP contribution in [-0.4, -0.2) is 16.0 Å². The molecule has 0 amide bonds. The van der Waals surface area contributed by atoms with Gasteiger partial charge in [-0.05, 0) is 29.0 Å². The van der Waals surface area contributed by atoms with Gasteiger partial charge in [-0.1, -0.05) is 12.1 Å². The molecule has 0 saturated carbocycles. The number of aromatic nitrogens is 2. The zero-order chi connectivity index (χ0) is 16.4. The van der Waals surface area contributed by atoms with Crippen molar-refractivity contribution in [3.63, 3.8) is 0 Å². The van der Waals surface area contributed by atoms with Gasteiger partial charge in [0.05, 0.1) is 11.3 Å². The fourth-order valence-corrected chi connectivity index (χ4v) is 2.65. The molecule has 0 saturated heterocycles. The largest absolute Gasteiger partial charge is 0.416 e. The van der Waals surface area contributed by atoms with E-state index >= 15 is 0 Å². The van der Waals surface area contributed by atoms with Crippen LogP contribution in [0.1, 0.15) is 11.1 Å². The van der Waals surface area contributed by atoms with Gasteiger partial charge in [0.25, 0.3) is 0 Å². The van der Waals surface area contributed by atoms with Gasteiger partial charge in [-0.3, -0.25) is 4.68 Å². The highest BCUT2D eigenvalue weighted by molar-refractivity contribution is 7.08. The summed E-state index contributed by atoms with van der Waals surface area (Å²) in [6, 6.07) is 8.62. The molecule has 7 heteroatoms. The van der Waals surface area contributed by atoms with Crippen LogP contribution in [0.5, 0.6) is 0 Å². The van der Waals surface area contributed by atoms with E-state index in [1.807, 2.05) is 16.8 Å². The zero-order valence-electron chi connectivity index (χ0n) is 12.1. The van der Waals surface area contributed by atoms with E-state index in [4.69, 9.17) is 0 Å². The van der Waals surface area contributed by atoms with Crippen molar-refractivity contribution in [2.75, 3.05) is 0 Å². The molecule has 0 radical (unpaired) electrons. The van der Waals surface area contributed by atoms with Crippen LogP contribution in [0.15, 0.2) is 52.2 Å². The van der Waals surface area contributed by atoms with Crippen LogP contribution in [0.2, 0.25) is 0 Å². The maximum absolute atomic E-state index is 12.6. The van der Waals surface area contributed by atoms with Crippen LogP contribution in [0, 0.1) is 0 Å². The van der Waals surface area contributed by atoms with Crippen LogP contribution in [0.25, 0.3) is 11.3 Å². The van der Waals surface area contributed by atoms with Gasteiger partial charge in [0.15, 0.2) is 5.82 Å². The molecule has 0 fully saturated rings. The highest BCUT2D eigenvalue weighted by Crippen LogP contribution is 2.31. The summed E-state index contributed by atoms with van der Waals surface area (Å²) in [5.74, 6) is 0.631. The summed E-state index contributed by atoms with van der Waals surface area (Å²) in [7, 11) is 1.74. The Morgan fingerprint density at radius 3 is 2.52 bits per heavy atom. The SMILES string of the molecule is Cn1nc(-c2ccc(C(F)(F)F)cc2)cc1/N=C/c1ccsc1. The molecule has 1 aromatic carbocycles. The number of nitrogens with zero attached hydrogens (tertiary/aromatic N) is 3. The highest BCUT2D eigenvalue weighted by Gasteiger charge is 2.30. The summed E-state index contributed by atoms with van der Waals surface area (Å²) in [4.78, 5) is 4.35. The summed E-state index contributed by atoms with van der Waals surface area (Å²) in [5.41, 5.74) is 1.52. The van der Waals surface area contributed by atoms with E-state index in [-0.39, 0.29) is 0 Å². The lowest BCUT2D eigenvalue weighted by atomic mass is 10.1. The number of alkyl halides is 3. The number of aryl methyl sites for hydroxylation is 1. The predicted molar refractivity (Wildman–Crippen MR) is 85.2 cm³/mol. The molecule has 0 aliphatic rings. The first-order valence-corrected chi connectivity index (χ1v) is 7.66. The van der Waals surface area contributed by atoms with Crippen LogP contribution < -0.4 is 0 Å². The minimum Gasteiger partial charge on any atom is -0.250 e. The number of rotatable bonds is 3. The van der Waals surface area contributed by atoms with Crippen LogP contribution >= 0.6 is 11.3 Å². The Morgan fingerprint density at radius 2 is 1.91 bits per heavy atom. The van der Waals surface area contributed by atoms with E-state index in [1.165, 1.54) is 12.1 Å². The second-order valence-electron chi connectivity index (χ2n) is 4.90. The topological polar surface area (TPSA) is 30.2 Å². The van der Waals surface area contributed by atoms with Gasteiger partial charge in [0.1, 0.15) is 0 Å². The number of thiophene rings is 1. The summed E-state index contributed by atoms with van der Waals surface area (Å²) < 4.78 is 39.4. The Labute approximate surface area is 134 Å². The van der Waals surface area contributed by atoms with Gasteiger partial charge >= 0.3 is 6.18 Å². The Morgan fingerprint density at radius 1 is 1.17 bits per heavy atom. The van der Waals surface area contributed by atoms with Gasteiger partial charge in [-0.25, -0.2) is 4.99 Å². The van der Waals surface area contributed by atoms with Crippen LogP contribution in [-0.2, 0) is 13.2 Å². The standard InChI is InChI=1S/C16H12F3N3S/c1-22-15(20-9-11-6-7-23-10-11)8-14(21-22)12-2-4-13(5-3-12)16(17,18)19/h2-10H,1H3/b20-9+. The maximum Gasteiger partial charge on any atom is 0.416 e. The molecule has 3 aromatic rings. The molecular formula is C16H12F3N3S. The summed E-state index contributed by atoms with van der Waals surface area (Å²) in [5, 5.41) is 8.22. The van der Waals surface area contributed by atoms with Gasteiger partial charge in [-0.15, -0.1) is 0 Å². The van der Waals surface area contributed by atoms with Crippen molar-refractivity contribution < 1.29 is 13.2 Å². The summed E-state index contributed by atoms with van der Waals surface area (Å²) >= 11 is 1.58. The van der Waals surface area contributed by atoms with Crippen molar-refractivity contribution >= 4 is 23.4 Å². The molecule has 2 heterocycles. The van der Waals surface area contributed by atoms with Gasteiger partial charge in [0, 0.05) is 30.5 Å². The fraction of sp³-hybridized carbons (Fsp3) is 0.125. The minimum atomic E-state index is -4.33. The first-order valence-electron chi connectivity index (χ1n) is 6.71. The van der Waals surface area contributed by atoms with Gasteiger partial charge in [0.2, 0.25) is 0 Å². The average molecular weight is 335 g/mol. The van der Waals surface area contributed by atoms with Crippen molar-refractivity contribution in [1.29, 1.82) is 0 Å². The third-order valence-electron chi connectivity index (χ3n) is 3.25. The molecule has 2 aromatic heterocycles. The maximum atomic E-state index is 12.6. The number of hydrogen-bond acceptors (Lipinski definition) is 3. The Kier molecular flexibility index (Phi) is 4.04. The van der Waals surface area contributed by atoms with Gasteiger partial charge in [-0.2, -0.15) is 29.6 Å². The average Bonchev–Trinajstić information content (AvgIpc) is 3.14. The molecule has 3 rings (SSSR count). The molecule has 0 aliphatic heterocycles. The first-order chi connectivity index (χ1) is 10.9. The number of aliphatic imine (C=N–C) groups is 1. The Bertz CT molecular complexity index is 815. The molecule has 0 spiro atoms. The third kappa shape index (κ3) is 3.50. The molecular weight excluding hydrogens is 323 g/mol. The van der Waals surface area contributed by atoms with Crippen molar-refractivity contribution in [3.8, 4) is 11.3 Å². The molecule has 118 valence electrons. The van der Waals surface area contributed by atoms with Crippen LogP contribution in [0.4, 0.5) is 19.0 Å². The molecule has 0 atom stereocenters. The Hall–Kier alpha value is -2.41. The van der Waals surface area contributed by atoms with Crippen LogP contribution in [0.3, 0.4) is 0 Å². The molecule has 0 unspecified atom stereocenters. The van der Waals surface area contributed by atoms with Crippen molar-refractivity contribution in [1.82, 2.24) is 9.78 Å². The first kappa shape index (κ1) is 15.5. The lowest BCUT2D eigenvalue weighted by Crippen LogP contribution is -2.04. The smallest absolute Gasteiger partial charge is 0.250 e. The van der Waals surface area contributed by atoms with E-state index in [1.54, 1.807) is 35.3 Å². The molecule has 0 bridgehead atoms. The molecule has 0 N–H and O–H groups in total. The van der Waals surface area contributed by atoms with E-state index in [0.717, 1.165) is 17.7 Å². The predicted octanol–water partition coefficient (Wildman–Crippen LogP) is 4.92. The quantitative estimate of drug-likeness (QED) is 0.625. The monoisotopic (exact) mass is 335 g/mol. The molecule has 0 aliphatic carbocycles. The summed E-state index contributed by atoms with van der Waals surface area (Å²) in [6.07, 6.45) is -2.61. The second kappa shape index (κ2) is 6.00. The third-order valence-corrected chi connectivity index (χ3v) is 3.95. The van der Waals surface area contributed by atoms with E-state index in [2.05, 4.69) is 10.1 Å². The van der Waals surface area contributed by atoms with Crippen molar-refractivity contribution in [3.05, 3.63) is 58.3 Å². The lowest BCUT2D eigenvalue weighted by Gasteiger charge is -2.06. The summed E-state index contributed by atoms with van der Waals surface area (Å²) in [6.45, 7) is 0. The minimum absolute atomic E-state index is 0.582. The number of hydrogen-bond donors (Lipinski definition) is 0. The number of halogens is 3. The van der Waals surface area contributed by atoms with Gasteiger partial charge < -0.3 is 0 Å². The molecule has 23 heavy (non-hydrogen) atoms. The lowest BCUT2D eigenvalue weighted by molar-refractivity contribution is -0.137. The highest BCUT2D eigenvalue weighted by atomic mass is 32.1. The van der Waals surface area contributed by atoms with E-state index in [9.17, 15) is 13.2 Å². The second-order valence-corrected chi connectivity index (χ2v) is 5.68. The van der Waals surface area contributed by atoms with Crippen molar-refractivity contribution in [2.45, 2.75) is 6.18 Å². The van der Waals surface area contributed by atoms with E-state index < -0.39 is 11.7 Å². The van der Waals surface area contributed by atoms with Crippen molar-refractivity contribution in [2.24, 2.45) is 12.0 Å². The normalized spacial score (nSPS) is 12.2. The fourth-order valence-electron chi connectivity index (χ4n) is 2.04.